The third-order valence-corrected chi connectivity index (χ3v) is 4.18. The summed E-state index contributed by atoms with van der Waals surface area (Å²) in [5.74, 6) is 0.781. The van der Waals surface area contributed by atoms with Crippen LogP contribution >= 0.6 is 11.6 Å². The SMILES string of the molecule is CN(C)CC1CCN(c2cccc(Cl)c2CO)CC1. The summed E-state index contributed by atoms with van der Waals surface area (Å²) in [5, 5.41) is 10.1. The van der Waals surface area contributed by atoms with Gasteiger partial charge in [-0.1, -0.05) is 17.7 Å². The second-order valence-corrected chi connectivity index (χ2v) is 6.00. The Kier molecular flexibility index (Phi) is 5.08. The number of piperidine rings is 1. The van der Waals surface area contributed by atoms with Crippen molar-refractivity contribution < 1.29 is 5.11 Å². The van der Waals surface area contributed by atoms with Gasteiger partial charge >= 0.3 is 0 Å². The molecule has 0 aromatic heterocycles. The van der Waals surface area contributed by atoms with Crippen LogP contribution < -0.4 is 4.90 Å². The molecule has 0 atom stereocenters. The molecule has 1 aromatic carbocycles. The maximum absolute atomic E-state index is 9.48. The van der Waals surface area contributed by atoms with Crippen molar-refractivity contribution in [3.05, 3.63) is 28.8 Å². The molecule has 0 saturated carbocycles. The van der Waals surface area contributed by atoms with E-state index in [-0.39, 0.29) is 6.61 Å². The predicted molar refractivity (Wildman–Crippen MR) is 80.9 cm³/mol. The number of aliphatic hydroxyl groups excluding tert-OH is 1. The molecule has 0 radical (unpaired) electrons. The molecule has 0 spiro atoms. The molecule has 0 bridgehead atoms. The Balaban J connectivity index is 2.03. The minimum Gasteiger partial charge on any atom is -0.392 e. The van der Waals surface area contributed by atoms with Gasteiger partial charge < -0.3 is 14.9 Å². The van der Waals surface area contributed by atoms with Crippen LogP contribution in [0.3, 0.4) is 0 Å². The number of nitrogens with zero attached hydrogens (tertiary/aromatic N) is 2. The first kappa shape index (κ1) is 14.6. The molecule has 1 aromatic rings. The highest BCUT2D eigenvalue weighted by molar-refractivity contribution is 6.31. The van der Waals surface area contributed by atoms with Gasteiger partial charge in [-0.3, -0.25) is 0 Å². The average molecular weight is 283 g/mol. The fourth-order valence-corrected chi connectivity index (χ4v) is 3.10. The van der Waals surface area contributed by atoms with Crippen molar-refractivity contribution in [3.63, 3.8) is 0 Å². The van der Waals surface area contributed by atoms with Gasteiger partial charge in [0.2, 0.25) is 0 Å². The smallest absolute Gasteiger partial charge is 0.0716 e. The van der Waals surface area contributed by atoms with Crippen LogP contribution in [0.5, 0.6) is 0 Å². The molecule has 1 heterocycles. The van der Waals surface area contributed by atoms with E-state index < -0.39 is 0 Å². The third-order valence-electron chi connectivity index (χ3n) is 3.83. The number of benzene rings is 1. The molecule has 1 saturated heterocycles. The van der Waals surface area contributed by atoms with Gasteiger partial charge in [-0.2, -0.15) is 0 Å². The molecule has 1 aliphatic heterocycles. The van der Waals surface area contributed by atoms with Crippen LogP contribution in [0, 0.1) is 5.92 Å². The van der Waals surface area contributed by atoms with Gasteiger partial charge in [-0.15, -0.1) is 0 Å². The van der Waals surface area contributed by atoms with Crippen molar-refractivity contribution in [3.8, 4) is 0 Å². The van der Waals surface area contributed by atoms with E-state index >= 15 is 0 Å². The Bertz CT molecular complexity index is 415. The minimum atomic E-state index is 0.00658. The molecular weight excluding hydrogens is 260 g/mol. The molecule has 0 aliphatic carbocycles. The van der Waals surface area contributed by atoms with E-state index in [9.17, 15) is 5.11 Å². The summed E-state index contributed by atoms with van der Waals surface area (Å²) in [6.45, 7) is 3.26. The Morgan fingerprint density at radius 2 is 2.00 bits per heavy atom. The van der Waals surface area contributed by atoms with E-state index in [0.29, 0.717) is 5.02 Å². The number of rotatable bonds is 4. The topological polar surface area (TPSA) is 26.7 Å². The second kappa shape index (κ2) is 6.60. The van der Waals surface area contributed by atoms with Crippen LogP contribution in [-0.4, -0.2) is 43.7 Å². The van der Waals surface area contributed by atoms with E-state index in [2.05, 4.69) is 30.0 Å². The monoisotopic (exact) mass is 282 g/mol. The van der Waals surface area contributed by atoms with Crippen molar-refractivity contribution in [1.82, 2.24) is 4.90 Å². The number of aliphatic hydroxyl groups is 1. The van der Waals surface area contributed by atoms with Crippen LogP contribution in [0.1, 0.15) is 18.4 Å². The average Bonchev–Trinajstić information content (AvgIpc) is 2.38. The molecule has 3 nitrogen and oxygen atoms in total. The van der Waals surface area contributed by atoms with Crippen molar-refractivity contribution in [1.29, 1.82) is 0 Å². The molecule has 4 heteroatoms. The molecule has 2 rings (SSSR count). The first-order valence-corrected chi connectivity index (χ1v) is 7.27. The van der Waals surface area contributed by atoms with Gasteiger partial charge in [0.05, 0.1) is 6.61 Å². The zero-order valence-electron chi connectivity index (χ0n) is 11.8. The van der Waals surface area contributed by atoms with E-state index in [4.69, 9.17) is 11.6 Å². The maximum Gasteiger partial charge on any atom is 0.0716 e. The van der Waals surface area contributed by atoms with E-state index in [1.807, 2.05) is 12.1 Å². The molecule has 0 unspecified atom stereocenters. The quantitative estimate of drug-likeness (QED) is 0.920. The highest BCUT2D eigenvalue weighted by Crippen LogP contribution is 2.30. The van der Waals surface area contributed by atoms with Crippen LogP contribution in [0.25, 0.3) is 0 Å². The fourth-order valence-electron chi connectivity index (χ4n) is 2.87. The van der Waals surface area contributed by atoms with Crippen LogP contribution in [0.4, 0.5) is 5.69 Å². The number of hydrogen-bond donors (Lipinski definition) is 1. The van der Waals surface area contributed by atoms with Gasteiger partial charge in [0.15, 0.2) is 0 Å². The van der Waals surface area contributed by atoms with Gasteiger partial charge in [0, 0.05) is 35.9 Å². The van der Waals surface area contributed by atoms with Gasteiger partial charge in [-0.25, -0.2) is 0 Å². The summed E-state index contributed by atoms with van der Waals surface area (Å²) in [7, 11) is 4.26. The standard InChI is InChI=1S/C15H23ClN2O/c1-17(2)10-12-6-8-18(9-7-12)15-5-3-4-14(16)13(15)11-19/h3-5,12,19H,6-11H2,1-2H3. The Morgan fingerprint density at radius 1 is 1.32 bits per heavy atom. The normalized spacial score (nSPS) is 17.2. The highest BCUT2D eigenvalue weighted by Gasteiger charge is 2.21. The lowest BCUT2D eigenvalue weighted by molar-refractivity contribution is 0.277. The number of halogens is 1. The van der Waals surface area contributed by atoms with Gasteiger partial charge in [0.25, 0.3) is 0 Å². The highest BCUT2D eigenvalue weighted by atomic mass is 35.5. The Labute approximate surface area is 120 Å². The van der Waals surface area contributed by atoms with Gasteiger partial charge in [-0.05, 0) is 45.0 Å². The summed E-state index contributed by atoms with van der Waals surface area (Å²) >= 11 is 6.15. The summed E-state index contributed by atoms with van der Waals surface area (Å²) in [6, 6.07) is 5.86. The first-order chi connectivity index (χ1) is 9.11. The molecule has 0 amide bonds. The fraction of sp³-hybridized carbons (Fsp3) is 0.600. The van der Waals surface area contributed by atoms with Crippen molar-refractivity contribution in [2.45, 2.75) is 19.4 Å². The summed E-state index contributed by atoms with van der Waals surface area (Å²) in [4.78, 5) is 4.61. The maximum atomic E-state index is 9.48. The van der Waals surface area contributed by atoms with Crippen LogP contribution in [0.2, 0.25) is 5.02 Å². The molecule has 1 fully saturated rings. The Morgan fingerprint density at radius 3 is 2.58 bits per heavy atom. The third kappa shape index (κ3) is 3.62. The number of anilines is 1. The lowest BCUT2D eigenvalue weighted by atomic mass is 9.95. The first-order valence-electron chi connectivity index (χ1n) is 6.89. The van der Waals surface area contributed by atoms with Crippen molar-refractivity contribution in [2.24, 2.45) is 5.92 Å². The molecule has 1 N–H and O–H groups in total. The molecule has 106 valence electrons. The molecule has 19 heavy (non-hydrogen) atoms. The number of hydrogen-bond acceptors (Lipinski definition) is 3. The van der Waals surface area contributed by atoms with E-state index in [1.165, 1.54) is 12.8 Å². The minimum absolute atomic E-state index is 0.00658. The summed E-state index contributed by atoms with van der Waals surface area (Å²) in [5.41, 5.74) is 1.95. The van der Waals surface area contributed by atoms with Gasteiger partial charge in [0.1, 0.15) is 0 Å². The van der Waals surface area contributed by atoms with Crippen molar-refractivity contribution in [2.75, 3.05) is 38.6 Å². The molecule has 1 aliphatic rings. The predicted octanol–water partition coefficient (Wildman–Crippen LogP) is 2.61. The lowest BCUT2D eigenvalue weighted by Gasteiger charge is -2.35. The largest absolute Gasteiger partial charge is 0.392 e. The Hall–Kier alpha value is -0.770. The van der Waals surface area contributed by atoms with Crippen LogP contribution in [0.15, 0.2) is 18.2 Å². The summed E-state index contributed by atoms with van der Waals surface area (Å²) < 4.78 is 0. The van der Waals surface area contributed by atoms with E-state index in [0.717, 1.165) is 36.8 Å². The zero-order valence-corrected chi connectivity index (χ0v) is 12.5. The summed E-state index contributed by atoms with van der Waals surface area (Å²) in [6.07, 6.45) is 2.41. The lowest BCUT2D eigenvalue weighted by Crippen LogP contribution is -2.37. The van der Waals surface area contributed by atoms with E-state index in [1.54, 1.807) is 0 Å². The zero-order chi connectivity index (χ0) is 13.8. The van der Waals surface area contributed by atoms with Crippen LogP contribution in [-0.2, 0) is 6.61 Å². The van der Waals surface area contributed by atoms with Crippen molar-refractivity contribution >= 4 is 17.3 Å². The second-order valence-electron chi connectivity index (χ2n) is 5.59. The molecular formula is C15H23ClN2O.